The average Bonchev–Trinajstić information content (AvgIpc) is 3.13. The molecule has 6 nitrogen and oxygen atoms in total. The molecule has 0 aromatic carbocycles. The van der Waals surface area contributed by atoms with E-state index in [1.807, 2.05) is 31.5 Å². The Kier molecular flexibility index (Phi) is 6.82. The lowest BCUT2D eigenvalue weighted by molar-refractivity contribution is -0.126. The van der Waals surface area contributed by atoms with Crippen molar-refractivity contribution in [3.8, 4) is 0 Å². The number of carbonyl (C=O) groups excluding carboxylic acids is 2. The lowest BCUT2D eigenvalue weighted by Gasteiger charge is -2.16. The van der Waals surface area contributed by atoms with E-state index in [0.717, 1.165) is 50.0 Å². The Morgan fingerprint density at radius 1 is 1.33 bits per heavy atom. The molecule has 0 radical (unpaired) electrons. The monoisotopic (exact) mass is 334 g/mol. The highest BCUT2D eigenvalue weighted by Crippen LogP contribution is 2.24. The van der Waals surface area contributed by atoms with E-state index in [-0.39, 0.29) is 23.8 Å². The SMILES string of the molecule is Cc1cc(C)n(CCCNC(=O)C[C@@H](C)NC(=O)C2CCCC2)n1. The third kappa shape index (κ3) is 5.65. The number of hydrogen-bond donors (Lipinski definition) is 2. The number of hydrogen-bond acceptors (Lipinski definition) is 3. The fourth-order valence-electron chi connectivity index (χ4n) is 3.31. The zero-order chi connectivity index (χ0) is 17.5. The van der Waals surface area contributed by atoms with Crippen molar-refractivity contribution in [1.29, 1.82) is 0 Å². The second kappa shape index (κ2) is 8.85. The van der Waals surface area contributed by atoms with Gasteiger partial charge in [0.05, 0.1) is 5.69 Å². The molecular weight excluding hydrogens is 304 g/mol. The van der Waals surface area contributed by atoms with Gasteiger partial charge in [0.15, 0.2) is 0 Å². The molecule has 1 aliphatic rings. The number of rotatable bonds is 8. The highest BCUT2D eigenvalue weighted by atomic mass is 16.2. The normalized spacial score (nSPS) is 16.1. The fraction of sp³-hybridized carbons (Fsp3) is 0.722. The van der Waals surface area contributed by atoms with Crippen molar-refractivity contribution < 1.29 is 9.59 Å². The summed E-state index contributed by atoms with van der Waals surface area (Å²) in [5, 5.41) is 10.3. The molecule has 0 saturated heterocycles. The molecule has 24 heavy (non-hydrogen) atoms. The minimum absolute atomic E-state index is 0.0115. The van der Waals surface area contributed by atoms with E-state index < -0.39 is 0 Å². The van der Waals surface area contributed by atoms with Gasteiger partial charge < -0.3 is 10.6 Å². The summed E-state index contributed by atoms with van der Waals surface area (Å²) in [6.45, 7) is 7.33. The van der Waals surface area contributed by atoms with Crippen LogP contribution in [0.5, 0.6) is 0 Å². The molecule has 6 heteroatoms. The van der Waals surface area contributed by atoms with E-state index in [9.17, 15) is 9.59 Å². The zero-order valence-electron chi connectivity index (χ0n) is 15.1. The summed E-state index contributed by atoms with van der Waals surface area (Å²) in [6, 6.07) is 1.93. The van der Waals surface area contributed by atoms with E-state index in [1.54, 1.807) is 0 Å². The molecular formula is C18H30N4O2. The van der Waals surface area contributed by atoms with Gasteiger partial charge in [0.25, 0.3) is 0 Å². The van der Waals surface area contributed by atoms with Crippen LogP contribution in [-0.4, -0.2) is 34.2 Å². The van der Waals surface area contributed by atoms with Crippen LogP contribution in [0, 0.1) is 19.8 Å². The zero-order valence-corrected chi connectivity index (χ0v) is 15.1. The molecule has 2 N–H and O–H groups in total. The first-order valence-electron chi connectivity index (χ1n) is 9.04. The summed E-state index contributed by atoms with van der Waals surface area (Å²) in [4.78, 5) is 24.0. The molecule has 1 aromatic rings. The third-order valence-electron chi connectivity index (χ3n) is 4.58. The first-order valence-corrected chi connectivity index (χ1v) is 9.04. The Hall–Kier alpha value is -1.85. The number of aryl methyl sites for hydroxylation is 3. The second-order valence-electron chi connectivity index (χ2n) is 6.95. The van der Waals surface area contributed by atoms with E-state index in [0.29, 0.717) is 13.0 Å². The Morgan fingerprint density at radius 2 is 2.04 bits per heavy atom. The topological polar surface area (TPSA) is 76.0 Å². The maximum atomic E-state index is 12.0. The standard InChI is InChI=1S/C18H30N4O2/c1-13(20-18(24)16-7-4-5-8-16)12-17(23)19-9-6-10-22-15(3)11-14(2)21-22/h11,13,16H,4-10,12H2,1-3H3,(H,19,23)(H,20,24)/t13-/m1/s1. The molecule has 1 saturated carbocycles. The van der Waals surface area contributed by atoms with Crippen molar-refractivity contribution in [2.45, 2.75) is 71.9 Å². The van der Waals surface area contributed by atoms with Crippen molar-refractivity contribution in [2.75, 3.05) is 6.54 Å². The van der Waals surface area contributed by atoms with Crippen LogP contribution in [0.25, 0.3) is 0 Å². The second-order valence-corrected chi connectivity index (χ2v) is 6.95. The molecule has 134 valence electrons. The minimum atomic E-state index is -0.117. The van der Waals surface area contributed by atoms with Crippen LogP contribution in [0.2, 0.25) is 0 Å². The molecule has 1 fully saturated rings. The van der Waals surface area contributed by atoms with Gasteiger partial charge in [-0.05, 0) is 46.1 Å². The Balaban J connectivity index is 1.60. The minimum Gasteiger partial charge on any atom is -0.356 e. The Morgan fingerprint density at radius 3 is 2.67 bits per heavy atom. The average molecular weight is 334 g/mol. The van der Waals surface area contributed by atoms with Gasteiger partial charge in [-0.15, -0.1) is 0 Å². The number of amides is 2. The molecule has 0 bridgehead atoms. The van der Waals surface area contributed by atoms with Gasteiger partial charge in [0.1, 0.15) is 0 Å². The van der Waals surface area contributed by atoms with Crippen LogP contribution in [0.3, 0.4) is 0 Å². The van der Waals surface area contributed by atoms with Crippen LogP contribution in [0.15, 0.2) is 6.07 Å². The molecule has 0 unspecified atom stereocenters. The van der Waals surface area contributed by atoms with E-state index in [1.165, 1.54) is 0 Å². The number of aromatic nitrogens is 2. The lowest BCUT2D eigenvalue weighted by atomic mass is 10.1. The number of nitrogens with zero attached hydrogens (tertiary/aromatic N) is 2. The van der Waals surface area contributed by atoms with Crippen molar-refractivity contribution in [1.82, 2.24) is 20.4 Å². The van der Waals surface area contributed by atoms with Crippen molar-refractivity contribution >= 4 is 11.8 Å². The fourth-order valence-corrected chi connectivity index (χ4v) is 3.31. The lowest BCUT2D eigenvalue weighted by Crippen LogP contribution is -2.40. The first kappa shape index (κ1) is 18.5. The number of carbonyl (C=O) groups is 2. The maximum absolute atomic E-state index is 12.0. The summed E-state index contributed by atoms with van der Waals surface area (Å²) in [5.74, 6) is 0.246. The van der Waals surface area contributed by atoms with Gasteiger partial charge in [-0.2, -0.15) is 5.10 Å². The van der Waals surface area contributed by atoms with Crippen LogP contribution < -0.4 is 10.6 Å². The maximum Gasteiger partial charge on any atom is 0.223 e. The number of nitrogens with one attached hydrogen (secondary N) is 2. The molecule has 0 spiro atoms. The highest BCUT2D eigenvalue weighted by Gasteiger charge is 2.24. The molecule has 0 aliphatic heterocycles. The predicted molar refractivity (Wildman–Crippen MR) is 93.5 cm³/mol. The highest BCUT2D eigenvalue weighted by molar-refractivity contribution is 5.81. The summed E-state index contributed by atoms with van der Waals surface area (Å²) in [5.41, 5.74) is 2.16. The summed E-state index contributed by atoms with van der Waals surface area (Å²) in [7, 11) is 0. The van der Waals surface area contributed by atoms with Crippen molar-refractivity contribution in [3.63, 3.8) is 0 Å². The molecule has 1 atom stereocenters. The quantitative estimate of drug-likeness (QED) is 0.715. The van der Waals surface area contributed by atoms with Gasteiger partial charge in [-0.3, -0.25) is 14.3 Å². The van der Waals surface area contributed by atoms with E-state index in [4.69, 9.17) is 0 Å². The molecule has 2 rings (SSSR count). The summed E-state index contributed by atoms with van der Waals surface area (Å²) >= 11 is 0. The third-order valence-corrected chi connectivity index (χ3v) is 4.58. The van der Waals surface area contributed by atoms with Crippen LogP contribution in [0.1, 0.15) is 56.8 Å². The molecule has 1 aromatic heterocycles. The Labute approximate surface area is 144 Å². The van der Waals surface area contributed by atoms with E-state index in [2.05, 4.69) is 15.7 Å². The van der Waals surface area contributed by atoms with Gasteiger partial charge >= 0.3 is 0 Å². The predicted octanol–water partition coefficient (Wildman–Crippen LogP) is 2.09. The largest absolute Gasteiger partial charge is 0.356 e. The van der Waals surface area contributed by atoms with Crippen LogP contribution in [0.4, 0.5) is 0 Å². The van der Waals surface area contributed by atoms with Gasteiger partial charge in [-0.1, -0.05) is 12.8 Å². The molecule has 1 heterocycles. The first-order chi connectivity index (χ1) is 11.5. The van der Waals surface area contributed by atoms with Crippen molar-refractivity contribution in [3.05, 3.63) is 17.5 Å². The molecule has 2 amide bonds. The smallest absolute Gasteiger partial charge is 0.223 e. The van der Waals surface area contributed by atoms with Gasteiger partial charge in [-0.25, -0.2) is 0 Å². The van der Waals surface area contributed by atoms with Gasteiger partial charge in [0, 0.05) is 37.2 Å². The van der Waals surface area contributed by atoms with Crippen LogP contribution in [-0.2, 0) is 16.1 Å². The summed E-state index contributed by atoms with van der Waals surface area (Å²) < 4.78 is 1.96. The Bertz CT molecular complexity index is 561. The van der Waals surface area contributed by atoms with Crippen LogP contribution >= 0.6 is 0 Å². The van der Waals surface area contributed by atoms with Crippen molar-refractivity contribution in [2.24, 2.45) is 5.92 Å². The summed E-state index contributed by atoms with van der Waals surface area (Å²) in [6.07, 6.45) is 5.42. The van der Waals surface area contributed by atoms with E-state index >= 15 is 0 Å². The van der Waals surface area contributed by atoms with Gasteiger partial charge in [0.2, 0.25) is 11.8 Å². The molecule has 1 aliphatic carbocycles.